The molecular weight excluding hydrogens is 316 g/mol. The number of rotatable bonds is 18. The van der Waals surface area contributed by atoms with Crippen LogP contribution in [0.4, 0.5) is 0 Å². The Bertz CT molecular complexity index is 427. The Balaban J connectivity index is 1.72. The van der Waals surface area contributed by atoms with Gasteiger partial charge in [-0.05, 0) is 56.7 Å². The molecule has 26 heavy (non-hydrogen) atoms. The normalized spacial score (nSPS) is 11.9. The van der Waals surface area contributed by atoms with Crippen molar-refractivity contribution in [2.75, 3.05) is 0 Å². The fourth-order valence-corrected chi connectivity index (χ4v) is 3.27. The minimum absolute atomic E-state index is 0.965. The Labute approximate surface area is 163 Å². The summed E-state index contributed by atoms with van der Waals surface area (Å²) in [6.45, 7) is 2.28. The molecule has 0 aliphatic rings. The van der Waals surface area contributed by atoms with E-state index in [1.54, 1.807) is 6.26 Å². The van der Waals surface area contributed by atoms with Crippen molar-refractivity contribution in [2.24, 2.45) is 0 Å². The predicted molar refractivity (Wildman–Crippen MR) is 116 cm³/mol. The van der Waals surface area contributed by atoms with Crippen LogP contribution < -0.4 is 0 Å². The molecule has 1 rings (SSSR count). The van der Waals surface area contributed by atoms with Gasteiger partial charge in [0.2, 0.25) is 0 Å². The van der Waals surface area contributed by atoms with Crippen molar-refractivity contribution in [3.05, 3.63) is 42.4 Å². The average Bonchev–Trinajstić information content (AvgIpc) is 3.17. The first kappa shape index (κ1) is 22.8. The van der Waals surface area contributed by atoms with Gasteiger partial charge in [-0.1, -0.05) is 89.4 Å². The summed E-state index contributed by atoms with van der Waals surface area (Å²) < 4.78 is 5.28. The van der Waals surface area contributed by atoms with Crippen LogP contribution in [0.5, 0.6) is 0 Å². The zero-order valence-corrected chi connectivity index (χ0v) is 17.3. The zero-order valence-electron chi connectivity index (χ0n) is 17.3. The Hall–Kier alpha value is -1.24. The van der Waals surface area contributed by atoms with Crippen LogP contribution in [0.2, 0.25) is 0 Å². The minimum Gasteiger partial charge on any atom is -0.465 e. The van der Waals surface area contributed by atoms with Crippen LogP contribution in [-0.4, -0.2) is 0 Å². The summed E-state index contributed by atoms with van der Waals surface area (Å²) in [4.78, 5) is 0. The molecule has 0 fully saturated rings. The molecule has 0 aliphatic carbocycles. The average molecular weight is 359 g/mol. The third-order valence-corrected chi connectivity index (χ3v) is 4.96. The highest BCUT2D eigenvalue weighted by atomic mass is 16.3. The van der Waals surface area contributed by atoms with E-state index in [2.05, 4.69) is 31.2 Å². The molecule has 0 radical (unpaired) electrons. The monoisotopic (exact) mass is 358 g/mol. The van der Waals surface area contributed by atoms with Crippen molar-refractivity contribution < 1.29 is 4.42 Å². The molecule has 1 aromatic heterocycles. The molecule has 0 atom stereocenters. The maximum absolute atomic E-state index is 5.28. The number of unbranched alkanes of at least 4 members (excludes halogenated alkanes) is 14. The molecule has 1 nitrogen and oxygen atoms in total. The molecule has 0 saturated carbocycles. The highest BCUT2D eigenvalue weighted by molar-refractivity contribution is 5.41. The lowest BCUT2D eigenvalue weighted by Crippen LogP contribution is -1.81. The van der Waals surface area contributed by atoms with Crippen molar-refractivity contribution in [2.45, 2.75) is 110 Å². The van der Waals surface area contributed by atoms with Crippen LogP contribution in [-0.2, 0) is 0 Å². The van der Waals surface area contributed by atoms with E-state index in [0.29, 0.717) is 0 Å². The first-order chi connectivity index (χ1) is 12.9. The number of hydrogen-bond donors (Lipinski definition) is 0. The molecule has 1 heterocycles. The summed E-state index contributed by atoms with van der Waals surface area (Å²) in [7, 11) is 0. The highest BCUT2D eigenvalue weighted by Gasteiger charge is 1.93. The van der Waals surface area contributed by atoms with Gasteiger partial charge in [0.25, 0.3) is 0 Å². The van der Waals surface area contributed by atoms with E-state index in [0.717, 1.165) is 5.76 Å². The van der Waals surface area contributed by atoms with Gasteiger partial charge in [-0.3, -0.25) is 0 Å². The highest BCUT2D eigenvalue weighted by Crippen LogP contribution is 2.12. The Morgan fingerprint density at radius 2 is 1.15 bits per heavy atom. The van der Waals surface area contributed by atoms with E-state index in [1.165, 1.54) is 103 Å². The van der Waals surface area contributed by atoms with Gasteiger partial charge in [0.1, 0.15) is 5.76 Å². The Morgan fingerprint density at radius 3 is 1.65 bits per heavy atom. The van der Waals surface area contributed by atoms with Crippen LogP contribution in [0.25, 0.3) is 6.08 Å². The van der Waals surface area contributed by atoms with Gasteiger partial charge in [-0.2, -0.15) is 0 Å². The summed E-state index contributed by atoms with van der Waals surface area (Å²) in [5.41, 5.74) is 0. The first-order valence-electron chi connectivity index (χ1n) is 11.3. The van der Waals surface area contributed by atoms with E-state index in [9.17, 15) is 0 Å². The van der Waals surface area contributed by atoms with Crippen molar-refractivity contribution in [1.29, 1.82) is 0 Å². The largest absolute Gasteiger partial charge is 0.465 e. The van der Waals surface area contributed by atoms with Gasteiger partial charge < -0.3 is 4.42 Å². The second-order valence-corrected chi connectivity index (χ2v) is 7.50. The number of furan rings is 1. The summed E-state index contributed by atoms with van der Waals surface area (Å²) >= 11 is 0. The second kappa shape index (κ2) is 18.5. The third kappa shape index (κ3) is 15.0. The molecular formula is C25H42O. The SMILES string of the molecule is CCCCCCC=CCCCCCCCCCCCC=Cc1ccco1. The lowest BCUT2D eigenvalue weighted by atomic mass is 10.1. The van der Waals surface area contributed by atoms with Gasteiger partial charge in [0.05, 0.1) is 6.26 Å². The van der Waals surface area contributed by atoms with Crippen molar-refractivity contribution in [1.82, 2.24) is 0 Å². The maximum Gasteiger partial charge on any atom is 0.126 e. The van der Waals surface area contributed by atoms with Crippen LogP contribution in [0.1, 0.15) is 115 Å². The van der Waals surface area contributed by atoms with Crippen LogP contribution >= 0.6 is 0 Å². The molecule has 0 spiro atoms. The predicted octanol–water partition coefficient (Wildman–Crippen LogP) is 9.11. The van der Waals surface area contributed by atoms with Crippen molar-refractivity contribution in [3.63, 3.8) is 0 Å². The zero-order chi connectivity index (χ0) is 18.5. The molecule has 1 heteroatoms. The Morgan fingerprint density at radius 1 is 0.654 bits per heavy atom. The first-order valence-corrected chi connectivity index (χ1v) is 11.3. The van der Waals surface area contributed by atoms with Gasteiger partial charge in [-0.25, -0.2) is 0 Å². The van der Waals surface area contributed by atoms with E-state index in [4.69, 9.17) is 4.42 Å². The van der Waals surface area contributed by atoms with Crippen LogP contribution in [0.3, 0.4) is 0 Å². The van der Waals surface area contributed by atoms with E-state index >= 15 is 0 Å². The quantitative estimate of drug-likeness (QED) is 0.188. The summed E-state index contributed by atoms with van der Waals surface area (Å²) in [5.74, 6) is 0.965. The van der Waals surface area contributed by atoms with Gasteiger partial charge in [0.15, 0.2) is 0 Å². The smallest absolute Gasteiger partial charge is 0.126 e. The molecule has 0 unspecified atom stereocenters. The molecule has 148 valence electrons. The lowest BCUT2D eigenvalue weighted by Gasteiger charge is -2.01. The minimum atomic E-state index is 0.965. The third-order valence-electron chi connectivity index (χ3n) is 4.96. The fraction of sp³-hybridized carbons (Fsp3) is 0.680. The summed E-state index contributed by atoms with van der Waals surface area (Å²) in [6, 6.07) is 3.94. The topological polar surface area (TPSA) is 13.1 Å². The molecule has 0 amide bonds. The van der Waals surface area contributed by atoms with Crippen LogP contribution in [0.15, 0.2) is 41.0 Å². The van der Waals surface area contributed by atoms with Gasteiger partial charge >= 0.3 is 0 Å². The Kier molecular flexibility index (Phi) is 16.3. The molecule has 1 aromatic rings. The maximum atomic E-state index is 5.28. The van der Waals surface area contributed by atoms with Gasteiger partial charge in [-0.15, -0.1) is 0 Å². The molecule has 0 N–H and O–H groups in total. The molecule has 0 aromatic carbocycles. The van der Waals surface area contributed by atoms with E-state index in [1.807, 2.05) is 12.1 Å². The number of hydrogen-bond acceptors (Lipinski definition) is 1. The van der Waals surface area contributed by atoms with Crippen LogP contribution in [0, 0.1) is 0 Å². The molecule has 0 saturated heterocycles. The molecule has 0 bridgehead atoms. The van der Waals surface area contributed by atoms with E-state index < -0.39 is 0 Å². The summed E-state index contributed by atoms with van der Waals surface area (Å²) in [6.07, 6.45) is 32.7. The standard InChI is InChI=1S/C25H42O/c1-2-3-4-5-6-7-8-9-10-11-12-13-14-15-16-17-18-19-20-22-25-23-21-24-26-25/h7-8,20-24H,2-6,9-19H2,1H3. The van der Waals surface area contributed by atoms with Crippen molar-refractivity contribution in [3.8, 4) is 0 Å². The van der Waals surface area contributed by atoms with Crippen molar-refractivity contribution >= 4 is 6.08 Å². The lowest BCUT2D eigenvalue weighted by molar-refractivity contribution is 0.555. The second-order valence-electron chi connectivity index (χ2n) is 7.50. The summed E-state index contributed by atoms with van der Waals surface area (Å²) in [5, 5.41) is 0. The molecule has 0 aliphatic heterocycles. The fourth-order valence-electron chi connectivity index (χ4n) is 3.27. The van der Waals surface area contributed by atoms with E-state index in [-0.39, 0.29) is 0 Å². The van der Waals surface area contributed by atoms with Gasteiger partial charge in [0, 0.05) is 0 Å². The number of allylic oxidation sites excluding steroid dienone is 3.